The number of piperidine rings is 1. The van der Waals surface area contributed by atoms with Gasteiger partial charge in [0, 0.05) is 44.1 Å². The number of carbonyl (C=O) groups excluding carboxylic acids is 1. The van der Waals surface area contributed by atoms with Crippen molar-refractivity contribution < 1.29 is 19.0 Å². The van der Waals surface area contributed by atoms with E-state index in [9.17, 15) is 9.18 Å². The van der Waals surface area contributed by atoms with E-state index in [4.69, 9.17) is 9.84 Å². The SMILES string of the molecule is CC(C)c1nc(C(=O)N2CCOC3(CCN(Cc4cc(F)cc(CCO)c4)CC3)C2)cs1. The van der Waals surface area contributed by atoms with Gasteiger partial charge >= 0.3 is 0 Å². The van der Waals surface area contributed by atoms with Gasteiger partial charge < -0.3 is 14.7 Å². The maximum absolute atomic E-state index is 13.9. The number of nitrogens with zero attached hydrogens (tertiary/aromatic N) is 3. The standard InChI is InChI=1S/C24H32FN3O3S/c1-17(2)22-26-21(15-32-22)23(30)28-8-10-31-24(16-28)4-6-27(7-5-24)14-19-11-18(3-9-29)12-20(25)13-19/h11-13,15,17,29H,3-10,14,16H2,1-2H3. The van der Waals surface area contributed by atoms with E-state index in [0.29, 0.717) is 44.3 Å². The Morgan fingerprint density at radius 1 is 1.25 bits per heavy atom. The van der Waals surface area contributed by atoms with Crippen LogP contribution in [0.4, 0.5) is 4.39 Å². The molecular formula is C24H32FN3O3S. The molecule has 1 N–H and O–H groups in total. The molecule has 8 heteroatoms. The van der Waals surface area contributed by atoms with E-state index < -0.39 is 0 Å². The van der Waals surface area contributed by atoms with Gasteiger partial charge in [0.05, 0.1) is 23.8 Å². The summed E-state index contributed by atoms with van der Waals surface area (Å²) >= 11 is 1.55. The van der Waals surface area contributed by atoms with Gasteiger partial charge in [-0.25, -0.2) is 9.37 Å². The van der Waals surface area contributed by atoms with Gasteiger partial charge in [-0.3, -0.25) is 9.69 Å². The van der Waals surface area contributed by atoms with E-state index in [2.05, 4.69) is 23.7 Å². The molecule has 1 spiro atoms. The molecule has 0 aliphatic carbocycles. The Hall–Kier alpha value is -1.87. The lowest BCUT2D eigenvalue weighted by Crippen LogP contribution is -2.58. The number of likely N-dealkylation sites (tertiary alicyclic amines) is 1. The van der Waals surface area contributed by atoms with E-state index in [1.54, 1.807) is 17.4 Å². The van der Waals surface area contributed by atoms with Gasteiger partial charge in [0.2, 0.25) is 0 Å². The van der Waals surface area contributed by atoms with Crippen LogP contribution in [0.1, 0.15) is 59.2 Å². The molecule has 0 radical (unpaired) electrons. The normalized spacial score (nSPS) is 19.1. The number of benzene rings is 1. The Morgan fingerprint density at radius 3 is 2.69 bits per heavy atom. The first-order valence-corrected chi connectivity index (χ1v) is 12.3. The highest BCUT2D eigenvalue weighted by molar-refractivity contribution is 7.09. The summed E-state index contributed by atoms with van der Waals surface area (Å²) in [5.74, 6) is 0.0565. The Kier molecular flexibility index (Phi) is 7.24. The third-order valence-electron chi connectivity index (χ3n) is 6.36. The van der Waals surface area contributed by atoms with Crippen molar-refractivity contribution in [2.75, 3.05) is 39.4 Å². The van der Waals surface area contributed by atoms with E-state index in [-0.39, 0.29) is 23.9 Å². The molecular weight excluding hydrogens is 429 g/mol. The van der Waals surface area contributed by atoms with E-state index in [1.807, 2.05) is 16.3 Å². The van der Waals surface area contributed by atoms with Gasteiger partial charge in [-0.1, -0.05) is 19.9 Å². The lowest BCUT2D eigenvalue weighted by molar-refractivity contribution is -0.128. The molecule has 1 amide bonds. The minimum atomic E-state index is -0.314. The van der Waals surface area contributed by atoms with E-state index in [1.165, 1.54) is 6.07 Å². The summed E-state index contributed by atoms with van der Waals surface area (Å²) in [4.78, 5) is 21.8. The molecule has 2 saturated heterocycles. The van der Waals surface area contributed by atoms with Crippen molar-refractivity contribution >= 4 is 17.2 Å². The summed E-state index contributed by atoms with van der Waals surface area (Å²) < 4.78 is 20.1. The van der Waals surface area contributed by atoms with Crippen molar-refractivity contribution in [3.63, 3.8) is 0 Å². The zero-order chi connectivity index (χ0) is 22.7. The van der Waals surface area contributed by atoms with Crippen LogP contribution < -0.4 is 0 Å². The van der Waals surface area contributed by atoms with Crippen LogP contribution in [0.5, 0.6) is 0 Å². The average molecular weight is 462 g/mol. The van der Waals surface area contributed by atoms with Crippen LogP contribution in [-0.2, 0) is 17.7 Å². The molecule has 0 saturated carbocycles. The van der Waals surface area contributed by atoms with Crippen LogP contribution in [-0.4, -0.2) is 70.8 Å². The minimum Gasteiger partial charge on any atom is -0.396 e. The monoisotopic (exact) mass is 461 g/mol. The number of thiazole rings is 1. The predicted octanol–water partition coefficient (Wildman–Crippen LogP) is 3.45. The highest BCUT2D eigenvalue weighted by Crippen LogP contribution is 2.32. The maximum Gasteiger partial charge on any atom is 0.273 e. The number of hydrogen-bond acceptors (Lipinski definition) is 6. The number of hydrogen-bond donors (Lipinski definition) is 1. The fourth-order valence-corrected chi connectivity index (χ4v) is 5.40. The smallest absolute Gasteiger partial charge is 0.273 e. The van der Waals surface area contributed by atoms with Crippen LogP contribution in [0.15, 0.2) is 23.6 Å². The number of aliphatic hydroxyl groups excluding tert-OH is 1. The molecule has 0 atom stereocenters. The maximum atomic E-state index is 13.9. The lowest BCUT2D eigenvalue weighted by Gasteiger charge is -2.47. The molecule has 0 bridgehead atoms. The van der Waals surface area contributed by atoms with E-state index in [0.717, 1.165) is 42.1 Å². The first-order chi connectivity index (χ1) is 15.4. The average Bonchev–Trinajstić information content (AvgIpc) is 3.26. The Morgan fingerprint density at radius 2 is 2.00 bits per heavy atom. The van der Waals surface area contributed by atoms with Crippen molar-refractivity contribution in [1.29, 1.82) is 0 Å². The number of rotatable bonds is 6. The molecule has 1 aromatic heterocycles. The zero-order valence-corrected chi connectivity index (χ0v) is 19.7. The molecule has 174 valence electrons. The first kappa shape index (κ1) is 23.3. The Balaban J connectivity index is 1.35. The van der Waals surface area contributed by atoms with Crippen molar-refractivity contribution in [1.82, 2.24) is 14.8 Å². The first-order valence-electron chi connectivity index (χ1n) is 11.4. The Labute approximate surface area is 193 Å². The lowest BCUT2D eigenvalue weighted by atomic mass is 9.89. The van der Waals surface area contributed by atoms with Crippen molar-refractivity contribution in [3.8, 4) is 0 Å². The third-order valence-corrected chi connectivity index (χ3v) is 7.51. The van der Waals surface area contributed by atoms with Gasteiger partial charge in [0.15, 0.2) is 0 Å². The highest BCUT2D eigenvalue weighted by atomic mass is 32.1. The van der Waals surface area contributed by atoms with Crippen molar-refractivity contribution in [3.05, 3.63) is 51.2 Å². The van der Waals surface area contributed by atoms with Gasteiger partial charge in [-0.2, -0.15) is 0 Å². The Bertz CT molecular complexity index is 940. The largest absolute Gasteiger partial charge is 0.396 e. The number of ether oxygens (including phenoxy) is 1. The summed E-state index contributed by atoms with van der Waals surface area (Å²) in [6.45, 7) is 8.26. The molecule has 2 fully saturated rings. The highest BCUT2D eigenvalue weighted by Gasteiger charge is 2.41. The second kappa shape index (κ2) is 9.95. The third kappa shape index (κ3) is 5.36. The van der Waals surface area contributed by atoms with Gasteiger partial charge in [0.1, 0.15) is 11.5 Å². The molecule has 2 aliphatic heterocycles. The molecule has 3 heterocycles. The number of amides is 1. The van der Waals surface area contributed by atoms with E-state index >= 15 is 0 Å². The zero-order valence-electron chi connectivity index (χ0n) is 18.8. The summed E-state index contributed by atoms with van der Waals surface area (Å²) in [5, 5.41) is 12.0. The predicted molar refractivity (Wildman–Crippen MR) is 122 cm³/mol. The van der Waals surface area contributed by atoms with Gasteiger partial charge in [0.25, 0.3) is 5.91 Å². The summed E-state index contributed by atoms with van der Waals surface area (Å²) in [6, 6.07) is 5.03. The molecule has 1 aromatic carbocycles. The second-order valence-corrected chi connectivity index (χ2v) is 10.1. The molecule has 6 nitrogen and oxygen atoms in total. The topological polar surface area (TPSA) is 65.9 Å². The summed E-state index contributed by atoms with van der Waals surface area (Å²) in [7, 11) is 0. The van der Waals surface area contributed by atoms with Crippen molar-refractivity contribution in [2.24, 2.45) is 0 Å². The molecule has 2 aromatic rings. The number of halogens is 1. The molecule has 2 aliphatic rings. The molecule has 32 heavy (non-hydrogen) atoms. The fraction of sp³-hybridized carbons (Fsp3) is 0.583. The fourth-order valence-electron chi connectivity index (χ4n) is 4.59. The second-order valence-electron chi connectivity index (χ2n) is 9.20. The summed E-state index contributed by atoms with van der Waals surface area (Å²) in [6.07, 6.45) is 2.14. The number of morpholine rings is 1. The van der Waals surface area contributed by atoms with Crippen LogP contribution in [0.2, 0.25) is 0 Å². The molecule has 4 rings (SSSR count). The summed E-state index contributed by atoms with van der Waals surface area (Å²) in [5.41, 5.74) is 1.97. The van der Waals surface area contributed by atoms with Crippen LogP contribution in [0.25, 0.3) is 0 Å². The number of carbonyl (C=O) groups is 1. The minimum absolute atomic E-state index is 0.00516. The molecule has 0 unspecified atom stereocenters. The van der Waals surface area contributed by atoms with Gasteiger partial charge in [-0.05, 0) is 42.5 Å². The van der Waals surface area contributed by atoms with Crippen LogP contribution in [0.3, 0.4) is 0 Å². The van der Waals surface area contributed by atoms with Crippen LogP contribution in [0, 0.1) is 5.82 Å². The van der Waals surface area contributed by atoms with Crippen molar-refractivity contribution in [2.45, 2.75) is 51.2 Å². The number of aliphatic hydroxyl groups is 1. The number of aromatic nitrogens is 1. The quantitative estimate of drug-likeness (QED) is 0.714. The van der Waals surface area contributed by atoms with Crippen LogP contribution >= 0.6 is 11.3 Å². The van der Waals surface area contributed by atoms with Gasteiger partial charge in [-0.15, -0.1) is 11.3 Å².